The fourth-order valence-electron chi connectivity index (χ4n) is 2.59. The molecule has 0 aliphatic carbocycles. The van der Waals surface area contributed by atoms with Crippen molar-refractivity contribution in [2.45, 2.75) is 0 Å². The van der Waals surface area contributed by atoms with Crippen LogP contribution in [-0.2, 0) is 0 Å². The monoisotopic (exact) mass is 314 g/mol. The third-order valence-corrected chi connectivity index (χ3v) is 3.79. The van der Waals surface area contributed by atoms with Gasteiger partial charge >= 0.3 is 0 Å². The first-order valence-corrected chi connectivity index (χ1v) is 7.56. The van der Waals surface area contributed by atoms with Gasteiger partial charge < -0.3 is 5.32 Å². The first-order chi connectivity index (χ1) is 11.8. The summed E-state index contributed by atoms with van der Waals surface area (Å²) in [4.78, 5) is 16.8. The third kappa shape index (κ3) is 2.63. The van der Waals surface area contributed by atoms with Gasteiger partial charge in [0.1, 0.15) is 0 Å². The van der Waals surface area contributed by atoms with Gasteiger partial charge in [-0.15, -0.1) is 0 Å². The molecule has 0 radical (unpaired) electrons. The topological polar surface area (TPSA) is 59.8 Å². The smallest absolute Gasteiger partial charge is 0.255 e. The van der Waals surface area contributed by atoms with Crippen molar-refractivity contribution in [1.29, 1.82) is 0 Å². The number of carbonyl (C=O) groups excluding carboxylic acids is 1. The molecule has 24 heavy (non-hydrogen) atoms. The van der Waals surface area contributed by atoms with E-state index in [0.717, 1.165) is 22.3 Å². The van der Waals surface area contributed by atoms with Crippen LogP contribution < -0.4 is 5.32 Å². The van der Waals surface area contributed by atoms with Crippen LogP contribution in [0.2, 0.25) is 0 Å². The number of rotatable bonds is 3. The molecular weight excluding hydrogens is 300 g/mol. The van der Waals surface area contributed by atoms with Crippen molar-refractivity contribution in [2.24, 2.45) is 0 Å². The molecule has 2 aromatic carbocycles. The molecule has 4 rings (SSSR count). The van der Waals surface area contributed by atoms with Gasteiger partial charge in [-0.1, -0.05) is 6.07 Å². The van der Waals surface area contributed by atoms with Crippen LogP contribution in [0.15, 0.2) is 79.3 Å². The number of amides is 1. The number of carbonyl (C=O) groups is 1. The maximum absolute atomic E-state index is 12.5. The Bertz CT molecular complexity index is 986. The summed E-state index contributed by atoms with van der Waals surface area (Å²) < 4.78 is 1.75. The quantitative estimate of drug-likeness (QED) is 0.627. The number of nitrogens with one attached hydrogen (secondary N) is 1. The lowest BCUT2D eigenvalue weighted by Crippen LogP contribution is -2.12. The molecule has 0 spiro atoms. The number of benzene rings is 2. The number of pyridine rings is 1. The zero-order valence-corrected chi connectivity index (χ0v) is 12.8. The summed E-state index contributed by atoms with van der Waals surface area (Å²) in [5.41, 5.74) is 3.10. The number of aromatic nitrogens is 3. The zero-order valence-electron chi connectivity index (χ0n) is 12.8. The van der Waals surface area contributed by atoms with Crippen LogP contribution in [0, 0.1) is 0 Å². The summed E-state index contributed by atoms with van der Waals surface area (Å²) in [6, 6.07) is 18.6. The molecule has 0 atom stereocenters. The highest BCUT2D eigenvalue weighted by atomic mass is 16.1. The predicted octanol–water partition coefficient (Wildman–Crippen LogP) is 3.67. The Hall–Kier alpha value is -3.47. The molecule has 2 aromatic heterocycles. The molecule has 5 heteroatoms. The van der Waals surface area contributed by atoms with E-state index in [-0.39, 0.29) is 5.91 Å². The zero-order chi connectivity index (χ0) is 16.4. The van der Waals surface area contributed by atoms with Crippen LogP contribution in [0.25, 0.3) is 16.6 Å². The van der Waals surface area contributed by atoms with Gasteiger partial charge in [0.25, 0.3) is 5.91 Å². The molecule has 116 valence electrons. The Morgan fingerprint density at radius 3 is 2.58 bits per heavy atom. The summed E-state index contributed by atoms with van der Waals surface area (Å²) in [5, 5.41) is 8.04. The van der Waals surface area contributed by atoms with E-state index in [9.17, 15) is 4.79 Å². The molecule has 5 nitrogen and oxygen atoms in total. The average molecular weight is 314 g/mol. The highest BCUT2D eigenvalue weighted by Crippen LogP contribution is 2.22. The molecule has 0 aliphatic heterocycles. The van der Waals surface area contributed by atoms with Crippen molar-refractivity contribution < 1.29 is 4.79 Å². The number of fused-ring (bicyclic) bond motifs is 1. The van der Waals surface area contributed by atoms with Gasteiger partial charge in [0.05, 0.1) is 16.9 Å². The van der Waals surface area contributed by atoms with E-state index in [2.05, 4.69) is 15.4 Å². The van der Waals surface area contributed by atoms with Gasteiger partial charge in [0.15, 0.2) is 0 Å². The lowest BCUT2D eigenvalue weighted by molar-refractivity contribution is 0.102. The molecule has 0 aliphatic rings. The average Bonchev–Trinajstić information content (AvgIpc) is 3.17. The Labute approximate surface area is 138 Å². The first kappa shape index (κ1) is 14.1. The second kappa shape index (κ2) is 5.96. The van der Waals surface area contributed by atoms with Crippen LogP contribution in [0.5, 0.6) is 0 Å². The number of nitrogens with zero attached hydrogens (tertiary/aromatic N) is 3. The summed E-state index contributed by atoms with van der Waals surface area (Å²) >= 11 is 0. The highest BCUT2D eigenvalue weighted by Gasteiger charge is 2.09. The SMILES string of the molecule is O=C(Nc1cccc2ncccc12)c1ccc(-n2cccn2)cc1. The molecule has 0 unspecified atom stereocenters. The standard InChI is InChI=1S/C19H14N4O/c24-19(14-7-9-15(10-8-14)23-13-3-12-21-23)22-18-6-1-5-17-16(18)4-2-11-20-17/h1-13H,(H,22,24). The van der Waals surface area contributed by atoms with Gasteiger partial charge in [-0.3, -0.25) is 9.78 Å². The number of hydrogen-bond donors (Lipinski definition) is 1. The molecule has 4 aromatic rings. The van der Waals surface area contributed by atoms with E-state index in [1.807, 2.05) is 54.7 Å². The summed E-state index contributed by atoms with van der Waals surface area (Å²) in [6.07, 6.45) is 5.31. The van der Waals surface area contributed by atoms with E-state index in [1.54, 1.807) is 29.2 Å². The van der Waals surface area contributed by atoms with Crippen LogP contribution >= 0.6 is 0 Å². The Morgan fingerprint density at radius 1 is 0.917 bits per heavy atom. The second-order valence-electron chi connectivity index (χ2n) is 5.33. The van der Waals surface area contributed by atoms with Gasteiger partial charge in [0, 0.05) is 29.5 Å². The highest BCUT2D eigenvalue weighted by molar-refractivity contribution is 6.08. The summed E-state index contributed by atoms with van der Waals surface area (Å²) in [7, 11) is 0. The molecule has 0 saturated heterocycles. The van der Waals surface area contributed by atoms with Crippen molar-refractivity contribution in [2.75, 3.05) is 5.32 Å². The van der Waals surface area contributed by atoms with Crippen molar-refractivity contribution in [3.05, 3.63) is 84.8 Å². The van der Waals surface area contributed by atoms with Gasteiger partial charge in [-0.2, -0.15) is 5.10 Å². The lowest BCUT2D eigenvalue weighted by atomic mass is 10.1. The second-order valence-corrected chi connectivity index (χ2v) is 5.33. The Morgan fingerprint density at radius 2 is 1.79 bits per heavy atom. The van der Waals surface area contributed by atoms with E-state index < -0.39 is 0 Å². The minimum Gasteiger partial charge on any atom is -0.321 e. The van der Waals surface area contributed by atoms with Gasteiger partial charge in [-0.25, -0.2) is 4.68 Å². The fourth-order valence-corrected chi connectivity index (χ4v) is 2.59. The lowest BCUT2D eigenvalue weighted by Gasteiger charge is -2.09. The van der Waals surface area contributed by atoms with Crippen molar-refractivity contribution in [1.82, 2.24) is 14.8 Å². The molecule has 2 heterocycles. The molecule has 1 N–H and O–H groups in total. The van der Waals surface area contributed by atoms with Crippen LogP contribution in [0.4, 0.5) is 5.69 Å². The molecule has 0 fully saturated rings. The molecule has 0 saturated carbocycles. The maximum Gasteiger partial charge on any atom is 0.255 e. The third-order valence-electron chi connectivity index (χ3n) is 3.79. The van der Waals surface area contributed by atoms with Crippen molar-refractivity contribution >= 4 is 22.5 Å². The van der Waals surface area contributed by atoms with Crippen molar-refractivity contribution in [3.8, 4) is 5.69 Å². The number of anilines is 1. The van der Waals surface area contributed by atoms with Crippen molar-refractivity contribution in [3.63, 3.8) is 0 Å². The molecular formula is C19H14N4O. The summed E-state index contributed by atoms with van der Waals surface area (Å²) in [5.74, 6) is -0.154. The first-order valence-electron chi connectivity index (χ1n) is 7.56. The Kier molecular flexibility index (Phi) is 3.51. The van der Waals surface area contributed by atoms with Crippen LogP contribution in [0.1, 0.15) is 10.4 Å². The minimum atomic E-state index is -0.154. The normalized spacial score (nSPS) is 10.7. The van der Waals surface area contributed by atoms with E-state index in [0.29, 0.717) is 5.56 Å². The predicted molar refractivity (Wildman–Crippen MR) is 93.3 cm³/mol. The summed E-state index contributed by atoms with van der Waals surface area (Å²) in [6.45, 7) is 0. The minimum absolute atomic E-state index is 0.154. The molecule has 1 amide bonds. The van der Waals surface area contributed by atoms with Gasteiger partial charge in [0.2, 0.25) is 0 Å². The fraction of sp³-hybridized carbons (Fsp3) is 0. The van der Waals surface area contributed by atoms with Crippen LogP contribution in [-0.4, -0.2) is 20.7 Å². The van der Waals surface area contributed by atoms with E-state index >= 15 is 0 Å². The van der Waals surface area contributed by atoms with Crippen LogP contribution in [0.3, 0.4) is 0 Å². The maximum atomic E-state index is 12.5. The van der Waals surface area contributed by atoms with E-state index in [1.165, 1.54) is 0 Å². The number of hydrogen-bond acceptors (Lipinski definition) is 3. The Balaban J connectivity index is 1.60. The molecule has 0 bridgehead atoms. The van der Waals surface area contributed by atoms with Gasteiger partial charge in [-0.05, 0) is 54.6 Å². The van der Waals surface area contributed by atoms with E-state index in [4.69, 9.17) is 0 Å². The largest absolute Gasteiger partial charge is 0.321 e.